The van der Waals surface area contributed by atoms with Crippen molar-refractivity contribution in [3.05, 3.63) is 35.4 Å². The maximum absolute atomic E-state index is 12.8. The molecule has 0 fully saturated rings. The molecule has 6 nitrogen and oxygen atoms in total. The molecular formula is C18H23F3N2O4. The Morgan fingerprint density at radius 3 is 2.37 bits per heavy atom. The minimum atomic E-state index is -4.48. The van der Waals surface area contributed by atoms with E-state index in [1.165, 1.54) is 32.9 Å². The summed E-state index contributed by atoms with van der Waals surface area (Å²) in [6, 6.07) is 3.55. The Hall–Kier alpha value is -2.58. The monoisotopic (exact) mass is 388 g/mol. The standard InChI is InChI=1S/C18H23F3N2O4/c1-11(9-14-5-4-6-15(10-14)18(19,20)21)16(25)23(12(2)17(26)27)8-7-22-13(3)24/h4-6,10-12H,7-9H2,1-3H3,(H,22,24)(H,26,27). The van der Waals surface area contributed by atoms with Gasteiger partial charge in [-0.15, -0.1) is 0 Å². The van der Waals surface area contributed by atoms with E-state index < -0.39 is 35.6 Å². The Kier molecular flexibility index (Phi) is 7.81. The molecule has 1 rings (SSSR count). The van der Waals surface area contributed by atoms with Gasteiger partial charge in [0.15, 0.2) is 0 Å². The van der Waals surface area contributed by atoms with Gasteiger partial charge in [-0.1, -0.05) is 25.1 Å². The van der Waals surface area contributed by atoms with E-state index in [1.54, 1.807) is 0 Å². The fraction of sp³-hybridized carbons (Fsp3) is 0.500. The van der Waals surface area contributed by atoms with Crippen LogP contribution in [0.5, 0.6) is 0 Å². The Morgan fingerprint density at radius 2 is 1.85 bits per heavy atom. The second-order valence-corrected chi connectivity index (χ2v) is 6.33. The van der Waals surface area contributed by atoms with Gasteiger partial charge in [0.25, 0.3) is 0 Å². The summed E-state index contributed by atoms with van der Waals surface area (Å²) in [5, 5.41) is 11.7. The molecule has 0 heterocycles. The fourth-order valence-electron chi connectivity index (χ4n) is 2.58. The molecule has 1 aromatic rings. The minimum absolute atomic E-state index is 0.0151. The van der Waals surface area contributed by atoms with Gasteiger partial charge in [0, 0.05) is 25.9 Å². The van der Waals surface area contributed by atoms with E-state index in [0.29, 0.717) is 5.56 Å². The first-order valence-corrected chi connectivity index (χ1v) is 8.37. The van der Waals surface area contributed by atoms with Gasteiger partial charge in [-0.05, 0) is 25.0 Å². The van der Waals surface area contributed by atoms with E-state index >= 15 is 0 Å². The van der Waals surface area contributed by atoms with Crippen LogP contribution in [-0.2, 0) is 27.0 Å². The summed E-state index contributed by atoms with van der Waals surface area (Å²) in [6.45, 7) is 4.23. The molecule has 27 heavy (non-hydrogen) atoms. The summed E-state index contributed by atoms with van der Waals surface area (Å²) in [5.41, 5.74) is -0.475. The number of carbonyl (C=O) groups is 3. The SMILES string of the molecule is CC(=O)NCCN(C(=O)C(C)Cc1cccc(C(F)(F)F)c1)C(C)C(=O)O. The Bertz CT molecular complexity index is 691. The molecule has 9 heteroatoms. The number of aliphatic carboxylic acids is 1. The Balaban J connectivity index is 2.90. The number of carbonyl (C=O) groups excluding carboxylic acids is 2. The molecule has 0 saturated heterocycles. The molecule has 0 radical (unpaired) electrons. The summed E-state index contributed by atoms with van der Waals surface area (Å²) in [6.07, 6.45) is -4.45. The van der Waals surface area contributed by atoms with Crippen LogP contribution in [0.3, 0.4) is 0 Å². The van der Waals surface area contributed by atoms with Crippen LogP contribution < -0.4 is 5.32 Å². The molecule has 0 spiro atoms. The van der Waals surface area contributed by atoms with E-state index in [2.05, 4.69) is 5.32 Å². The average molecular weight is 388 g/mol. The number of halogens is 3. The predicted octanol–water partition coefficient (Wildman–Crippen LogP) is 2.32. The normalized spacial score (nSPS) is 13.6. The molecule has 0 aliphatic carbocycles. The summed E-state index contributed by atoms with van der Waals surface area (Å²) in [7, 11) is 0. The van der Waals surface area contributed by atoms with E-state index in [9.17, 15) is 32.7 Å². The Labute approximate surface area is 155 Å². The lowest BCUT2D eigenvalue weighted by molar-refractivity contribution is -0.151. The van der Waals surface area contributed by atoms with Crippen molar-refractivity contribution in [3.8, 4) is 0 Å². The zero-order valence-corrected chi connectivity index (χ0v) is 15.3. The van der Waals surface area contributed by atoms with Gasteiger partial charge < -0.3 is 15.3 Å². The molecule has 2 atom stereocenters. The number of hydrogen-bond donors (Lipinski definition) is 2. The summed E-state index contributed by atoms with van der Waals surface area (Å²) >= 11 is 0. The molecule has 0 bridgehead atoms. The molecule has 150 valence electrons. The number of nitrogens with one attached hydrogen (secondary N) is 1. The molecular weight excluding hydrogens is 365 g/mol. The number of rotatable bonds is 8. The van der Waals surface area contributed by atoms with Crippen LogP contribution in [-0.4, -0.2) is 46.9 Å². The number of carboxylic acids is 1. The quantitative estimate of drug-likeness (QED) is 0.716. The van der Waals surface area contributed by atoms with Crippen molar-refractivity contribution in [2.24, 2.45) is 5.92 Å². The van der Waals surface area contributed by atoms with Crippen molar-refractivity contribution in [2.45, 2.75) is 39.4 Å². The first kappa shape index (κ1) is 22.5. The van der Waals surface area contributed by atoms with Crippen molar-refractivity contribution >= 4 is 17.8 Å². The first-order chi connectivity index (χ1) is 12.4. The smallest absolute Gasteiger partial charge is 0.416 e. The van der Waals surface area contributed by atoms with Crippen molar-refractivity contribution in [3.63, 3.8) is 0 Å². The third-order valence-electron chi connectivity index (χ3n) is 4.05. The van der Waals surface area contributed by atoms with Crippen molar-refractivity contribution in [2.75, 3.05) is 13.1 Å². The maximum atomic E-state index is 12.8. The Morgan fingerprint density at radius 1 is 1.22 bits per heavy atom. The lowest BCUT2D eigenvalue weighted by atomic mass is 9.97. The second kappa shape index (κ2) is 9.38. The van der Waals surface area contributed by atoms with Gasteiger partial charge in [-0.3, -0.25) is 9.59 Å². The first-order valence-electron chi connectivity index (χ1n) is 8.37. The lowest BCUT2D eigenvalue weighted by Gasteiger charge is -2.29. The minimum Gasteiger partial charge on any atom is -0.480 e. The summed E-state index contributed by atoms with van der Waals surface area (Å²) in [4.78, 5) is 36.0. The third-order valence-corrected chi connectivity index (χ3v) is 4.05. The van der Waals surface area contributed by atoms with Gasteiger partial charge in [-0.25, -0.2) is 4.79 Å². The van der Waals surface area contributed by atoms with Gasteiger partial charge >= 0.3 is 12.1 Å². The topological polar surface area (TPSA) is 86.7 Å². The predicted molar refractivity (Wildman–Crippen MR) is 91.8 cm³/mol. The van der Waals surface area contributed by atoms with Crippen molar-refractivity contribution in [1.82, 2.24) is 10.2 Å². The van der Waals surface area contributed by atoms with Gasteiger partial charge in [0.2, 0.25) is 11.8 Å². The number of alkyl halides is 3. The highest BCUT2D eigenvalue weighted by Gasteiger charge is 2.31. The van der Waals surface area contributed by atoms with Crippen LogP contribution in [0.4, 0.5) is 13.2 Å². The van der Waals surface area contributed by atoms with Gasteiger partial charge in [0.1, 0.15) is 6.04 Å². The van der Waals surface area contributed by atoms with Gasteiger partial charge in [-0.2, -0.15) is 13.2 Å². The molecule has 2 unspecified atom stereocenters. The van der Waals surface area contributed by atoms with Crippen LogP contribution >= 0.6 is 0 Å². The fourth-order valence-corrected chi connectivity index (χ4v) is 2.58. The highest BCUT2D eigenvalue weighted by Crippen LogP contribution is 2.30. The van der Waals surface area contributed by atoms with Crippen LogP contribution in [0.1, 0.15) is 31.9 Å². The maximum Gasteiger partial charge on any atom is 0.416 e. The number of benzene rings is 1. The summed E-state index contributed by atoms with van der Waals surface area (Å²) in [5.74, 6) is -2.76. The molecule has 2 amide bonds. The van der Waals surface area contributed by atoms with Crippen molar-refractivity contribution < 1.29 is 32.7 Å². The molecule has 0 saturated carbocycles. The molecule has 0 aromatic heterocycles. The van der Waals surface area contributed by atoms with E-state index in [0.717, 1.165) is 17.0 Å². The molecule has 2 N–H and O–H groups in total. The summed E-state index contributed by atoms with van der Waals surface area (Å²) < 4.78 is 38.4. The van der Waals surface area contributed by atoms with Crippen LogP contribution in [0.2, 0.25) is 0 Å². The van der Waals surface area contributed by atoms with Crippen LogP contribution in [0.25, 0.3) is 0 Å². The number of amides is 2. The second-order valence-electron chi connectivity index (χ2n) is 6.33. The molecule has 0 aliphatic rings. The van der Waals surface area contributed by atoms with E-state index in [4.69, 9.17) is 0 Å². The lowest BCUT2D eigenvalue weighted by Crippen LogP contribution is -2.48. The zero-order valence-electron chi connectivity index (χ0n) is 15.3. The largest absolute Gasteiger partial charge is 0.480 e. The number of carboxylic acid groups (broad SMARTS) is 1. The highest BCUT2D eigenvalue weighted by molar-refractivity contribution is 5.85. The molecule has 0 aliphatic heterocycles. The van der Waals surface area contributed by atoms with E-state index in [1.807, 2.05) is 0 Å². The van der Waals surface area contributed by atoms with E-state index in [-0.39, 0.29) is 25.4 Å². The highest BCUT2D eigenvalue weighted by atomic mass is 19.4. The van der Waals surface area contributed by atoms with Crippen molar-refractivity contribution in [1.29, 1.82) is 0 Å². The van der Waals surface area contributed by atoms with Gasteiger partial charge in [0.05, 0.1) is 5.56 Å². The number of hydrogen-bond acceptors (Lipinski definition) is 3. The average Bonchev–Trinajstić information content (AvgIpc) is 2.56. The number of nitrogens with zero attached hydrogens (tertiary/aromatic N) is 1. The zero-order chi connectivity index (χ0) is 20.8. The van der Waals surface area contributed by atoms with Crippen LogP contribution in [0, 0.1) is 5.92 Å². The molecule has 1 aromatic carbocycles. The third kappa shape index (κ3) is 6.92. The van der Waals surface area contributed by atoms with Crippen LogP contribution in [0.15, 0.2) is 24.3 Å².